The minimum absolute atomic E-state index is 0.0381. The lowest BCUT2D eigenvalue weighted by Crippen LogP contribution is -2.30. The highest BCUT2D eigenvalue weighted by Gasteiger charge is 2.31. The summed E-state index contributed by atoms with van der Waals surface area (Å²) in [5.74, 6) is 2.30. The van der Waals surface area contributed by atoms with Crippen molar-refractivity contribution in [3.63, 3.8) is 0 Å². The SMILES string of the molecule is O=C(c1ccc(OCc2cccnc2)cc1)N1CCCC1c1ccc2c(c1)OCCO2. The number of likely N-dealkylation sites (tertiary alicyclic amines) is 1. The molecule has 1 fully saturated rings. The van der Waals surface area contributed by atoms with Gasteiger partial charge in [0.2, 0.25) is 0 Å². The molecule has 3 heterocycles. The maximum Gasteiger partial charge on any atom is 0.254 e. The van der Waals surface area contributed by atoms with Crippen LogP contribution in [0.4, 0.5) is 0 Å². The van der Waals surface area contributed by atoms with E-state index in [9.17, 15) is 4.79 Å². The first-order chi connectivity index (χ1) is 15.3. The van der Waals surface area contributed by atoms with Gasteiger partial charge in [0, 0.05) is 30.1 Å². The monoisotopic (exact) mass is 416 g/mol. The molecule has 0 radical (unpaired) electrons. The third-order valence-electron chi connectivity index (χ3n) is 5.69. The molecule has 158 valence electrons. The highest BCUT2D eigenvalue weighted by molar-refractivity contribution is 5.94. The number of benzene rings is 2. The Kier molecular flexibility index (Phi) is 5.44. The number of nitrogens with zero attached hydrogens (tertiary/aromatic N) is 2. The number of hydrogen-bond donors (Lipinski definition) is 0. The fourth-order valence-corrected chi connectivity index (χ4v) is 4.13. The molecule has 1 atom stereocenters. The Morgan fingerprint density at radius 1 is 1.06 bits per heavy atom. The summed E-state index contributed by atoms with van der Waals surface area (Å²) in [5.41, 5.74) is 2.76. The van der Waals surface area contributed by atoms with Crippen molar-refractivity contribution >= 4 is 5.91 Å². The predicted octanol–water partition coefficient (Wildman–Crippen LogP) is 4.41. The molecule has 1 aromatic heterocycles. The normalized spacial score (nSPS) is 17.4. The lowest BCUT2D eigenvalue weighted by molar-refractivity contribution is 0.0735. The molecule has 0 aliphatic carbocycles. The molecule has 2 aliphatic rings. The van der Waals surface area contributed by atoms with Gasteiger partial charge in [-0.15, -0.1) is 0 Å². The first kappa shape index (κ1) is 19.4. The Morgan fingerprint density at radius 3 is 2.71 bits per heavy atom. The first-order valence-electron chi connectivity index (χ1n) is 10.6. The molecule has 3 aromatic rings. The van der Waals surface area contributed by atoms with Gasteiger partial charge in [0.25, 0.3) is 5.91 Å². The summed E-state index contributed by atoms with van der Waals surface area (Å²) >= 11 is 0. The molecule has 0 bridgehead atoms. The Balaban J connectivity index is 1.27. The van der Waals surface area contributed by atoms with Crippen LogP contribution in [0.5, 0.6) is 17.2 Å². The van der Waals surface area contributed by atoms with Crippen LogP contribution in [0.3, 0.4) is 0 Å². The lowest BCUT2D eigenvalue weighted by Gasteiger charge is -2.27. The Morgan fingerprint density at radius 2 is 1.90 bits per heavy atom. The van der Waals surface area contributed by atoms with Crippen LogP contribution in [-0.2, 0) is 6.61 Å². The second kappa shape index (κ2) is 8.68. The molecule has 6 heteroatoms. The van der Waals surface area contributed by atoms with Gasteiger partial charge in [-0.1, -0.05) is 12.1 Å². The number of rotatable bonds is 5. The van der Waals surface area contributed by atoms with Gasteiger partial charge in [-0.2, -0.15) is 0 Å². The fourth-order valence-electron chi connectivity index (χ4n) is 4.13. The van der Waals surface area contributed by atoms with Crippen LogP contribution in [-0.4, -0.2) is 35.5 Å². The number of carbonyl (C=O) groups excluding carboxylic acids is 1. The van der Waals surface area contributed by atoms with Crippen molar-refractivity contribution in [3.05, 3.63) is 83.7 Å². The van der Waals surface area contributed by atoms with Gasteiger partial charge in [-0.3, -0.25) is 9.78 Å². The number of ether oxygens (including phenoxy) is 3. The van der Waals surface area contributed by atoms with E-state index in [2.05, 4.69) is 4.98 Å². The molecule has 1 amide bonds. The van der Waals surface area contributed by atoms with Gasteiger partial charge in [0.05, 0.1) is 6.04 Å². The molecule has 0 N–H and O–H groups in total. The van der Waals surface area contributed by atoms with Gasteiger partial charge in [0.15, 0.2) is 11.5 Å². The topological polar surface area (TPSA) is 60.9 Å². The second-order valence-electron chi connectivity index (χ2n) is 7.73. The van der Waals surface area contributed by atoms with Crippen LogP contribution < -0.4 is 14.2 Å². The van der Waals surface area contributed by atoms with Gasteiger partial charge in [0.1, 0.15) is 25.6 Å². The average molecular weight is 416 g/mol. The van der Waals surface area contributed by atoms with Crippen molar-refractivity contribution in [1.82, 2.24) is 9.88 Å². The zero-order valence-corrected chi connectivity index (χ0v) is 17.2. The van der Waals surface area contributed by atoms with E-state index in [0.717, 1.165) is 47.8 Å². The van der Waals surface area contributed by atoms with Crippen LogP contribution in [0.1, 0.15) is 40.4 Å². The van der Waals surface area contributed by atoms with Crippen LogP contribution in [0, 0.1) is 0 Å². The second-order valence-corrected chi connectivity index (χ2v) is 7.73. The third-order valence-corrected chi connectivity index (χ3v) is 5.69. The molecule has 2 aromatic carbocycles. The first-order valence-corrected chi connectivity index (χ1v) is 10.6. The van der Waals surface area contributed by atoms with Gasteiger partial charge in [-0.05, 0) is 60.9 Å². The number of pyridine rings is 1. The number of hydrogen-bond acceptors (Lipinski definition) is 5. The van der Waals surface area contributed by atoms with Gasteiger partial charge >= 0.3 is 0 Å². The molecule has 0 saturated carbocycles. The van der Waals surface area contributed by atoms with Crippen molar-refractivity contribution in [1.29, 1.82) is 0 Å². The summed E-state index contributed by atoms with van der Waals surface area (Å²) in [6.45, 7) is 2.32. The summed E-state index contributed by atoms with van der Waals surface area (Å²) in [6.07, 6.45) is 5.44. The molecule has 6 nitrogen and oxygen atoms in total. The Bertz CT molecular complexity index is 1050. The molecule has 1 saturated heterocycles. The molecule has 2 aliphatic heterocycles. The molecule has 0 spiro atoms. The van der Waals surface area contributed by atoms with Crippen LogP contribution in [0.25, 0.3) is 0 Å². The van der Waals surface area contributed by atoms with Gasteiger partial charge in [-0.25, -0.2) is 0 Å². The zero-order chi connectivity index (χ0) is 21.0. The number of amides is 1. The van der Waals surface area contributed by atoms with Crippen molar-refractivity contribution in [2.75, 3.05) is 19.8 Å². The zero-order valence-electron chi connectivity index (χ0n) is 17.2. The smallest absolute Gasteiger partial charge is 0.254 e. The summed E-state index contributed by atoms with van der Waals surface area (Å²) in [7, 11) is 0. The van der Waals surface area contributed by atoms with Crippen molar-refractivity contribution < 1.29 is 19.0 Å². The summed E-state index contributed by atoms with van der Waals surface area (Å²) < 4.78 is 17.2. The lowest BCUT2D eigenvalue weighted by atomic mass is 10.0. The minimum atomic E-state index is 0.0381. The van der Waals surface area contributed by atoms with Gasteiger partial charge < -0.3 is 19.1 Å². The maximum atomic E-state index is 13.2. The maximum absolute atomic E-state index is 13.2. The third kappa shape index (κ3) is 4.19. The quantitative estimate of drug-likeness (QED) is 0.617. The van der Waals surface area contributed by atoms with Crippen LogP contribution >= 0.6 is 0 Å². The van der Waals surface area contributed by atoms with Crippen molar-refractivity contribution in [2.24, 2.45) is 0 Å². The molecule has 1 unspecified atom stereocenters. The van der Waals surface area contributed by atoms with E-state index >= 15 is 0 Å². The molecular weight excluding hydrogens is 392 g/mol. The van der Waals surface area contributed by atoms with Crippen LogP contribution in [0.2, 0.25) is 0 Å². The molecule has 5 rings (SSSR count). The fraction of sp³-hybridized carbons (Fsp3) is 0.280. The number of aromatic nitrogens is 1. The van der Waals surface area contributed by atoms with E-state index < -0.39 is 0 Å². The highest BCUT2D eigenvalue weighted by Crippen LogP contribution is 2.38. The van der Waals surface area contributed by atoms with E-state index in [1.54, 1.807) is 12.4 Å². The van der Waals surface area contributed by atoms with Crippen molar-refractivity contribution in [3.8, 4) is 17.2 Å². The molecular formula is C25H24N2O4. The average Bonchev–Trinajstić information content (AvgIpc) is 3.33. The van der Waals surface area contributed by atoms with E-state index in [4.69, 9.17) is 14.2 Å². The largest absolute Gasteiger partial charge is 0.489 e. The number of carbonyl (C=O) groups is 1. The van der Waals surface area contributed by atoms with E-state index in [1.807, 2.05) is 59.5 Å². The van der Waals surface area contributed by atoms with E-state index in [0.29, 0.717) is 25.4 Å². The highest BCUT2D eigenvalue weighted by atomic mass is 16.6. The summed E-state index contributed by atoms with van der Waals surface area (Å²) in [4.78, 5) is 19.3. The number of fused-ring (bicyclic) bond motifs is 1. The Hall–Kier alpha value is -3.54. The standard InChI is InChI=1S/C25H24N2O4/c28-25(19-5-8-21(9-6-19)31-17-18-3-1-11-26-16-18)27-12-2-4-22(27)20-7-10-23-24(15-20)30-14-13-29-23/h1,3,5-11,15-16,22H,2,4,12-14,17H2. The van der Waals surface area contributed by atoms with Crippen molar-refractivity contribution in [2.45, 2.75) is 25.5 Å². The summed E-state index contributed by atoms with van der Waals surface area (Å²) in [5, 5.41) is 0. The van der Waals surface area contributed by atoms with E-state index in [-0.39, 0.29) is 11.9 Å². The minimum Gasteiger partial charge on any atom is -0.489 e. The Labute approximate surface area is 181 Å². The predicted molar refractivity (Wildman–Crippen MR) is 115 cm³/mol. The molecule has 31 heavy (non-hydrogen) atoms. The van der Waals surface area contributed by atoms with Crippen LogP contribution in [0.15, 0.2) is 67.0 Å². The summed E-state index contributed by atoms with van der Waals surface area (Å²) in [6, 6.07) is 17.3. The van der Waals surface area contributed by atoms with E-state index in [1.165, 1.54) is 0 Å².